The summed E-state index contributed by atoms with van der Waals surface area (Å²) in [6.45, 7) is 4.28. The Labute approximate surface area is 55.8 Å². The molecule has 0 aromatic carbocycles. The van der Waals surface area contributed by atoms with Crippen LogP contribution in [-0.4, -0.2) is 6.21 Å². The second kappa shape index (κ2) is 2.62. The first kappa shape index (κ1) is 6.27. The van der Waals surface area contributed by atoms with E-state index >= 15 is 0 Å². The molecule has 0 fully saturated rings. The Bertz CT molecular complexity index is 175. The quantitative estimate of drug-likeness (QED) is 0.465. The topological polar surface area (TPSA) is 12.4 Å². The van der Waals surface area contributed by atoms with Gasteiger partial charge in [-0.25, -0.2) is 0 Å². The lowest BCUT2D eigenvalue weighted by molar-refractivity contribution is 0.865. The normalized spacial score (nSPS) is 25.6. The molecule has 9 heavy (non-hydrogen) atoms. The smallest absolute Gasteiger partial charge is 0.0267 e. The fourth-order valence-electron chi connectivity index (χ4n) is 0.693. The van der Waals surface area contributed by atoms with Crippen LogP contribution in [0.5, 0.6) is 0 Å². The summed E-state index contributed by atoms with van der Waals surface area (Å²) in [5.41, 5.74) is 1.37. The predicted octanol–water partition coefficient (Wildman–Crippen LogP) is 2.17. The van der Waals surface area contributed by atoms with Gasteiger partial charge in [-0.05, 0) is 18.9 Å². The van der Waals surface area contributed by atoms with E-state index in [-0.39, 0.29) is 0 Å². The molecule has 0 aromatic rings. The Morgan fingerprint density at radius 3 is 3.11 bits per heavy atom. The zero-order valence-corrected chi connectivity index (χ0v) is 5.83. The van der Waals surface area contributed by atoms with Crippen LogP contribution in [-0.2, 0) is 0 Å². The maximum atomic E-state index is 3.99. The van der Waals surface area contributed by atoms with Gasteiger partial charge in [-0.1, -0.05) is 18.6 Å². The SMILES string of the molecule is CC1=CC=NC=CC1C. The van der Waals surface area contributed by atoms with E-state index in [1.165, 1.54) is 5.57 Å². The van der Waals surface area contributed by atoms with Gasteiger partial charge in [0, 0.05) is 12.4 Å². The molecule has 0 spiro atoms. The molecule has 1 aliphatic heterocycles. The van der Waals surface area contributed by atoms with E-state index in [9.17, 15) is 0 Å². The summed E-state index contributed by atoms with van der Waals surface area (Å²) in [4.78, 5) is 3.99. The van der Waals surface area contributed by atoms with Gasteiger partial charge in [0.2, 0.25) is 0 Å². The Morgan fingerprint density at radius 1 is 1.56 bits per heavy atom. The van der Waals surface area contributed by atoms with Crippen LogP contribution in [0.25, 0.3) is 0 Å². The van der Waals surface area contributed by atoms with Crippen LogP contribution in [0, 0.1) is 5.92 Å². The molecular formula is C8H11N. The highest BCUT2D eigenvalue weighted by Gasteiger charge is 1.98. The van der Waals surface area contributed by atoms with Crippen molar-refractivity contribution in [1.82, 2.24) is 0 Å². The first-order valence-electron chi connectivity index (χ1n) is 3.17. The molecule has 1 nitrogen and oxygen atoms in total. The van der Waals surface area contributed by atoms with Crippen molar-refractivity contribution in [3.63, 3.8) is 0 Å². The Kier molecular flexibility index (Phi) is 1.83. The van der Waals surface area contributed by atoms with E-state index in [2.05, 4.69) is 24.9 Å². The minimum atomic E-state index is 0.549. The first-order chi connectivity index (χ1) is 4.30. The van der Waals surface area contributed by atoms with E-state index in [0.29, 0.717) is 5.92 Å². The fourth-order valence-corrected chi connectivity index (χ4v) is 0.693. The van der Waals surface area contributed by atoms with Crippen LogP contribution in [0.3, 0.4) is 0 Å². The molecule has 1 heterocycles. The van der Waals surface area contributed by atoms with Crippen molar-refractivity contribution >= 4 is 6.21 Å². The van der Waals surface area contributed by atoms with E-state index in [4.69, 9.17) is 0 Å². The summed E-state index contributed by atoms with van der Waals surface area (Å²) >= 11 is 0. The van der Waals surface area contributed by atoms with Crippen molar-refractivity contribution in [3.05, 3.63) is 23.9 Å². The highest BCUT2D eigenvalue weighted by Crippen LogP contribution is 2.11. The van der Waals surface area contributed by atoms with E-state index in [1.54, 1.807) is 0 Å². The van der Waals surface area contributed by atoms with Crippen molar-refractivity contribution in [1.29, 1.82) is 0 Å². The highest BCUT2D eigenvalue weighted by molar-refractivity contribution is 5.73. The van der Waals surface area contributed by atoms with Gasteiger partial charge in [0.05, 0.1) is 0 Å². The maximum Gasteiger partial charge on any atom is 0.0267 e. The molecule has 0 aliphatic carbocycles. The van der Waals surface area contributed by atoms with E-state index in [1.807, 2.05) is 18.5 Å². The minimum Gasteiger partial charge on any atom is -0.265 e. The van der Waals surface area contributed by atoms with Crippen LogP contribution < -0.4 is 0 Å². The summed E-state index contributed by atoms with van der Waals surface area (Å²) in [5, 5.41) is 0. The van der Waals surface area contributed by atoms with Gasteiger partial charge < -0.3 is 0 Å². The lowest BCUT2D eigenvalue weighted by Gasteiger charge is -2.01. The third-order valence-corrected chi connectivity index (χ3v) is 1.60. The highest BCUT2D eigenvalue weighted by atomic mass is 14.7. The summed E-state index contributed by atoms with van der Waals surface area (Å²) in [6, 6.07) is 0. The van der Waals surface area contributed by atoms with Crippen LogP contribution in [0.1, 0.15) is 13.8 Å². The van der Waals surface area contributed by atoms with E-state index in [0.717, 1.165) is 0 Å². The van der Waals surface area contributed by atoms with Crippen LogP contribution in [0.15, 0.2) is 28.9 Å². The lowest BCUT2D eigenvalue weighted by atomic mass is 10.0. The molecule has 1 unspecified atom stereocenters. The van der Waals surface area contributed by atoms with Crippen molar-refractivity contribution in [3.8, 4) is 0 Å². The van der Waals surface area contributed by atoms with Gasteiger partial charge in [-0.15, -0.1) is 0 Å². The molecule has 0 aromatic heterocycles. The van der Waals surface area contributed by atoms with Gasteiger partial charge in [0.15, 0.2) is 0 Å². The average molecular weight is 121 g/mol. The number of hydrogen-bond donors (Lipinski definition) is 0. The number of hydrogen-bond acceptors (Lipinski definition) is 1. The third-order valence-electron chi connectivity index (χ3n) is 1.60. The molecule has 1 aliphatic rings. The summed E-state index contributed by atoms with van der Waals surface area (Å²) in [5.74, 6) is 0.549. The molecule has 0 saturated carbocycles. The van der Waals surface area contributed by atoms with Gasteiger partial charge in [-0.2, -0.15) is 0 Å². The Hall–Kier alpha value is -0.850. The monoisotopic (exact) mass is 121 g/mol. The second-order valence-electron chi connectivity index (χ2n) is 2.34. The van der Waals surface area contributed by atoms with Crippen LogP contribution in [0.4, 0.5) is 0 Å². The summed E-state index contributed by atoms with van der Waals surface area (Å²) < 4.78 is 0. The summed E-state index contributed by atoms with van der Waals surface area (Å²) in [7, 11) is 0. The van der Waals surface area contributed by atoms with Gasteiger partial charge in [0.1, 0.15) is 0 Å². The maximum absolute atomic E-state index is 3.99. The standard InChI is InChI=1S/C8H11N/c1-7-3-5-9-6-4-8(7)2/h3-7H,1-2H3. The lowest BCUT2D eigenvalue weighted by Crippen LogP contribution is -1.88. The van der Waals surface area contributed by atoms with E-state index < -0.39 is 0 Å². The van der Waals surface area contributed by atoms with Gasteiger partial charge >= 0.3 is 0 Å². The van der Waals surface area contributed by atoms with Crippen molar-refractivity contribution in [2.45, 2.75) is 13.8 Å². The second-order valence-corrected chi connectivity index (χ2v) is 2.34. The van der Waals surface area contributed by atoms with Gasteiger partial charge in [-0.3, -0.25) is 4.99 Å². The third kappa shape index (κ3) is 1.53. The molecule has 1 heteroatoms. The largest absolute Gasteiger partial charge is 0.265 e. The molecule has 0 N–H and O–H groups in total. The molecule has 0 amide bonds. The minimum absolute atomic E-state index is 0.549. The molecule has 48 valence electrons. The predicted molar refractivity (Wildman–Crippen MR) is 40.6 cm³/mol. The Balaban J connectivity index is 2.80. The number of allylic oxidation sites excluding steroid dienone is 3. The molecule has 1 atom stereocenters. The van der Waals surface area contributed by atoms with Crippen molar-refractivity contribution < 1.29 is 0 Å². The molecule has 1 rings (SSSR count). The number of rotatable bonds is 0. The number of nitrogens with zero attached hydrogens (tertiary/aromatic N) is 1. The fraction of sp³-hybridized carbons (Fsp3) is 0.375. The van der Waals surface area contributed by atoms with Crippen LogP contribution in [0.2, 0.25) is 0 Å². The average Bonchev–Trinajstić information content (AvgIpc) is 1.99. The Morgan fingerprint density at radius 2 is 2.33 bits per heavy atom. The molecule has 0 radical (unpaired) electrons. The zero-order chi connectivity index (χ0) is 6.69. The van der Waals surface area contributed by atoms with Crippen molar-refractivity contribution in [2.75, 3.05) is 0 Å². The number of aliphatic imine (C=N–C) groups is 1. The zero-order valence-electron chi connectivity index (χ0n) is 5.83. The van der Waals surface area contributed by atoms with Gasteiger partial charge in [0.25, 0.3) is 0 Å². The van der Waals surface area contributed by atoms with Crippen LogP contribution >= 0.6 is 0 Å². The summed E-state index contributed by atoms with van der Waals surface area (Å²) in [6.07, 6.45) is 7.81. The molecular weight excluding hydrogens is 110 g/mol. The first-order valence-corrected chi connectivity index (χ1v) is 3.17. The molecule has 0 bridgehead atoms. The van der Waals surface area contributed by atoms with Crippen molar-refractivity contribution in [2.24, 2.45) is 10.9 Å². The molecule has 0 saturated heterocycles.